The second-order valence-corrected chi connectivity index (χ2v) is 4.70. The Kier molecular flexibility index (Phi) is 4.15. The van der Waals surface area contributed by atoms with E-state index in [4.69, 9.17) is 5.11 Å². The second-order valence-electron chi connectivity index (χ2n) is 4.70. The molecule has 0 fully saturated rings. The number of hydrogen-bond donors (Lipinski definition) is 2. The number of carboxylic acids is 1. The molecule has 0 saturated heterocycles. The van der Waals surface area contributed by atoms with Crippen LogP contribution in [0.25, 0.3) is 0 Å². The molecule has 0 amide bonds. The molecule has 18 heavy (non-hydrogen) atoms. The zero-order chi connectivity index (χ0) is 13.0. The number of aryl methyl sites for hydroxylation is 2. The van der Waals surface area contributed by atoms with Crippen molar-refractivity contribution in [2.75, 3.05) is 7.05 Å². The van der Waals surface area contributed by atoms with Crippen LogP contribution < -0.4 is 5.32 Å². The normalized spacial score (nSPS) is 16.5. The van der Waals surface area contributed by atoms with Gasteiger partial charge in [0.25, 0.3) is 0 Å². The maximum atomic E-state index is 10.6. The van der Waals surface area contributed by atoms with E-state index >= 15 is 0 Å². The molecule has 2 N–H and O–H groups in total. The van der Waals surface area contributed by atoms with Crippen LogP contribution in [-0.4, -0.2) is 18.1 Å². The number of hydrogen-bond acceptors (Lipinski definition) is 2. The highest BCUT2D eigenvalue weighted by molar-refractivity contribution is 5.79. The van der Waals surface area contributed by atoms with Gasteiger partial charge in [-0.2, -0.15) is 0 Å². The molecule has 1 aromatic rings. The average molecular weight is 245 g/mol. The van der Waals surface area contributed by atoms with Crippen molar-refractivity contribution >= 4 is 5.97 Å². The lowest BCUT2D eigenvalue weighted by Gasteiger charge is -2.19. The van der Waals surface area contributed by atoms with E-state index in [1.54, 1.807) is 6.08 Å². The van der Waals surface area contributed by atoms with Gasteiger partial charge in [0.1, 0.15) is 0 Å². The molecule has 3 heteroatoms. The molecule has 0 bridgehead atoms. The van der Waals surface area contributed by atoms with Gasteiger partial charge in [-0.25, -0.2) is 4.79 Å². The summed E-state index contributed by atoms with van der Waals surface area (Å²) in [6.07, 6.45) is 7.73. The number of nitrogens with one attached hydrogen (secondary N) is 1. The number of likely N-dealkylation sites (N-methyl/N-ethyl adjacent to an activating group) is 1. The molecular formula is C15H19NO2. The van der Waals surface area contributed by atoms with Gasteiger partial charge in [0, 0.05) is 6.08 Å². The SMILES string of the molecule is CNC(/C=C/C(=O)O)c1ccc2c(c1)CCCC2. The minimum Gasteiger partial charge on any atom is -0.478 e. The maximum absolute atomic E-state index is 10.6. The molecule has 0 spiro atoms. The Hall–Kier alpha value is -1.61. The predicted octanol–water partition coefficient (Wildman–Crippen LogP) is 2.47. The van der Waals surface area contributed by atoms with Gasteiger partial charge in [-0.1, -0.05) is 24.3 Å². The van der Waals surface area contributed by atoms with Crippen molar-refractivity contribution in [2.45, 2.75) is 31.7 Å². The summed E-state index contributed by atoms with van der Waals surface area (Å²) in [4.78, 5) is 10.6. The summed E-state index contributed by atoms with van der Waals surface area (Å²) in [5.41, 5.74) is 4.00. The Morgan fingerprint density at radius 2 is 2.06 bits per heavy atom. The molecule has 1 unspecified atom stereocenters. The van der Waals surface area contributed by atoms with Crippen LogP contribution in [0.2, 0.25) is 0 Å². The molecule has 1 aliphatic rings. The molecule has 0 heterocycles. The van der Waals surface area contributed by atoms with Gasteiger partial charge >= 0.3 is 5.97 Å². The lowest BCUT2D eigenvalue weighted by Crippen LogP contribution is -2.15. The molecule has 0 radical (unpaired) electrons. The first-order valence-corrected chi connectivity index (χ1v) is 6.41. The van der Waals surface area contributed by atoms with E-state index in [9.17, 15) is 4.79 Å². The van der Waals surface area contributed by atoms with Crippen LogP contribution in [0.3, 0.4) is 0 Å². The van der Waals surface area contributed by atoms with Crippen molar-refractivity contribution in [1.82, 2.24) is 5.32 Å². The largest absolute Gasteiger partial charge is 0.478 e. The first-order valence-electron chi connectivity index (χ1n) is 6.41. The summed E-state index contributed by atoms with van der Waals surface area (Å²) in [5.74, 6) is -0.909. The molecule has 1 aromatic carbocycles. The van der Waals surface area contributed by atoms with E-state index < -0.39 is 5.97 Å². The van der Waals surface area contributed by atoms with E-state index in [1.807, 2.05) is 7.05 Å². The molecule has 0 aromatic heterocycles. The fourth-order valence-electron chi connectivity index (χ4n) is 2.50. The van der Waals surface area contributed by atoms with Gasteiger partial charge in [0.2, 0.25) is 0 Å². The molecule has 0 saturated carbocycles. The fraction of sp³-hybridized carbons (Fsp3) is 0.400. The highest BCUT2D eigenvalue weighted by Gasteiger charge is 2.12. The molecule has 1 aliphatic carbocycles. The summed E-state index contributed by atoms with van der Waals surface area (Å²) in [6, 6.07) is 6.45. The molecular weight excluding hydrogens is 226 g/mol. The highest BCUT2D eigenvalue weighted by Crippen LogP contribution is 2.25. The van der Waals surface area contributed by atoms with Gasteiger partial charge in [0.05, 0.1) is 6.04 Å². The Bertz CT molecular complexity index is 466. The third kappa shape index (κ3) is 2.99. The first kappa shape index (κ1) is 12.8. The standard InChI is InChI=1S/C15H19NO2/c1-16-14(8-9-15(17)18)13-7-6-11-4-2-3-5-12(11)10-13/h6-10,14,16H,2-5H2,1H3,(H,17,18)/b9-8+. The van der Waals surface area contributed by atoms with Crippen molar-refractivity contribution < 1.29 is 9.90 Å². The predicted molar refractivity (Wildman–Crippen MR) is 71.7 cm³/mol. The average Bonchev–Trinajstić information content (AvgIpc) is 2.39. The van der Waals surface area contributed by atoms with Crippen LogP contribution in [-0.2, 0) is 17.6 Å². The van der Waals surface area contributed by atoms with Gasteiger partial charge in [0.15, 0.2) is 0 Å². The van der Waals surface area contributed by atoms with E-state index in [0.717, 1.165) is 12.0 Å². The quantitative estimate of drug-likeness (QED) is 0.801. The monoisotopic (exact) mass is 245 g/mol. The van der Waals surface area contributed by atoms with Crippen molar-refractivity contribution in [3.8, 4) is 0 Å². The smallest absolute Gasteiger partial charge is 0.328 e. The van der Waals surface area contributed by atoms with Crippen LogP contribution in [0.5, 0.6) is 0 Å². The van der Waals surface area contributed by atoms with Gasteiger partial charge in [-0.15, -0.1) is 0 Å². The van der Waals surface area contributed by atoms with E-state index in [2.05, 4.69) is 23.5 Å². The highest BCUT2D eigenvalue weighted by atomic mass is 16.4. The van der Waals surface area contributed by atoms with Gasteiger partial charge < -0.3 is 10.4 Å². The summed E-state index contributed by atoms with van der Waals surface area (Å²) in [6.45, 7) is 0. The molecule has 1 atom stereocenters. The van der Waals surface area contributed by atoms with Crippen molar-refractivity contribution in [1.29, 1.82) is 0 Å². The zero-order valence-electron chi connectivity index (χ0n) is 10.6. The molecule has 0 aliphatic heterocycles. The Labute approximate surface area is 108 Å². The number of rotatable bonds is 4. The lowest BCUT2D eigenvalue weighted by molar-refractivity contribution is -0.131. The number of benzene rings is 1. The number of aliphatic carboxylic acids is 1. The summed E-state index contributed by atoms with van der Waals surface area (Å²) < 4.78 is 0. The fourth-order valence-corrected chi connectivity index (χ4v) is 2.50. The lowest BCUT2D eigenvalue weighted by atomic mass is 9.89. The number of carbonyl (C=O) groups is 1. The third-order valence-corrected chi connectivity index (χ3v) is 3.47. The number of fused-ring (bicyclic) bond motifs is 1. The van der Waals surface area contributed by atoms with E-state index in [-0.39, 0.29) is 6.04 Å². The van der Waals surface area contributed by atoms with Crippen molar-refractivity contribution in [3.05, 3.63) is 47.0 Å². The number of carboxylic acid groups (broad SMARTS) is 1. The van der Waals surface area contributed by atoms with Crippen molar-refractivity contribution in [3.63, 3.8) is 0 Å². The van der Waals surface area contributed by atoms with Crippen LogP contribution in [0.15, 0.2) is 30.4 Å². The Balaban J connectivity index is 2.23. The van der Waals surface area contributed by atoms with Crippen LogP contribution in [0, 0.1) is 0 Å². The van der Waals surface area contributed by atoms with E-state index in [1.165, 1.54) is 36.5 Å². The molecule has 2 rings (SSSR count). The Morgan fingerprint density at radius 1 is 1.33 bits per heavy atom. The topological polar surface area (TPSA) is 49.3 Å². The maximum Gasteiger partial charge on any atom is 0.328 e. The second kappa shape index (κ2) is 5.83. The molecule has 3 nitrogen and oxygen atoms in total. The molecule has 96 valence electrons. The van der Waals surface area contributed by atoms with Gasteiger partial charge in [-0.3, -0.25) is 0 Å². The van der Waals surface area contributed by atoms with E-state index in [0.29, 0.717) is 0 Å². The minimum absolute atomic E-state index is 0.0340. The van der Waals surface area contributed by atoms with Crippen LogP contribution >= 0.6 is 0 Å². The summed E-state index contributed by atoms with van der Waals surface area (Å²) in [5, 5.41) is 11.8. The third-order valence-electron chi connectivity index (χ3n) is 3.47. The Morgan fingerprint density at radius 3 is 2.72 bits per heavy atom. The van der Waals surface area contributed by atoms with Crippen LogP contribution in [0.1, 0.15) is 35.6 Å². The summed E-state index contributed by atoms with van der Waals surface area (Å²) >= 11 is 0. The van der Waals surface area contributed by atoms with Crippen molar-refractivity contribution in [2.24, 2.45) is 0 Å². The van der Waals surface area contributed by atoms with Crippen LogP contribution in [0.4, 0.5) is 0 Å². The van der Waals surface area contributed by atoms with Gasteiger partial charge in [-0.05, 0) is 49.4 Å². The minimum atomic E-state index is -0.909. The summed E-state index contributed by atoms with van der Waals surface area (Å²) in [7, 11) is 1.84. The zero-order valence-corrected chi connectivity index (χ0v) is 10.6. The first-order chi connectivity index (χ1) is 8.70.